The molecule has 7 rings (SSSR count). The van der Waals surface area contributed by atoms with Gasteiger partial charge in [0.25, 0.3) is 0 Å². The van der Waals surface area contributed by atoms with Gasteiger partial charge >= 0.3 is 6.09 Å². The maximum atomic E-state index is 13.6. The number of ether oxygens (including phenoxy) is 1. The molecule has 1 unspecified atom stereocenters. The Morgan fingerprint density at radius 2 is 1.76 bits per heavy atom. The molecule has 0 spiro atoms. The Morgan fingerprint density at radius 3 is 2.41 bits per heavy atom. The minimum absolute atomic E-state index is 0.00709. The number of nitrogens with zero attached hydrogens (tertiary/aromatic N) is 9. The lowest BCUT2D eigenvalue weighted by Crippen LogP contribution is -2.40. The number of Topliss-reactive ketones (excluding diaryl/α,β-unsaturated/α-hetero) is 1. The lowest BCUT2D eigenvalue weighted by molar-refractivity contribution is -0.127. The van der Waals surface area contributed by atoms with Gasteiger partial charge in [0.15, 0.2) is 28.6 Å². The van der Waals surface area contributed by atoms with E-state index in [2.05, 4.69) is 50.3 Å². The second-order valence-electron chi connectivity index (χ2n) is 14.1. The zero-order valence-corrected chi connectivity index (χ0v) is 29.2. The van der Waals surface area contributed by atoms with Crippen molar-refractivity contribution in [2.24, 2.45) is 0 Å². The van der Waals surface area contributed by atoms with Crippen LogP contribution in [0, 0.1) is 0 Å². The SMILES string of the molecule is CCc1nnn([C@H]2C[C@@H](n3cnc4c(NCC(c5ccccc5)c5ccccc5)nc(N5CC[C@@H](NC(=O)OC(C)(C)C)C5)nc43)C(=O)C2O)n1. The third kappa shape index (κ3) is 7.24. The second kappa shape index (κ2) is 14.1. The van der Waals surface area contributed by atoms with E-state index in [4.69, 9.17) is 19.7 Å². The number of carbonyl (C=O) groups excluding carboxylic acids is 2. The Hall–Kier alpha value is -5.44. The first-order chi connectivity index (χ1) is 24.6. The number of imidazole rings is 1. The maximum absolute atomic E-state index is 13.6. The standard InChI is InChI=1S/C36H43N11O4/c1-5-28-42-44-47(43-28)27-18-26(30(48)31(27)49)46-21-38-29-32(37-19-25(22-12-8-6-9-13-22)23-14-10-7-11-15-23)40-34(41-33(29)46)45-17-16-24(20-45)39-35(50)51-36(2,3)4/h6-15,21,24-27,31,49H,5,16-20H2,1-4H3,(H,39,50)(H,37,40,41)/t24-,26-,27+,31?/m1/s1. The predicted octanol–water partition coefficient (Wildman–Crippen LogP) is 3.84. The highest BCUT2D eigenvalue weighted by atomic mass is 16.6. The molecular weight excluding hydrogens is 650 g/mol. The van der Waals surface area contributed by atoms with E-state index < -0.39 is 29.9 Å². The number of alkyl carbamates (subject to hydrolysis) is 1. The van der Waals surface area contributed by atoms with Gasteiger partial charge in [-0.15, -0.1) is 10.2 Å². The van der Waals surface area contributed by atoms with Crippen LogP contribution in [-0.2, 0) is 16.0 Å². The molecule has 5 aromatic rings. The van der Waals surface area contributed by atoms with E-state index in [1.807, 2.05) is 69.0 Å². The lowest BCUT2D eigenvalue weighted by Gasteiger charge is -2.22. The molecule has 51 heavy (non-hydrogen) atoms. The van der Waals surface area contributed by atoms with Crippen LogP contribution in [-0.4, -0.2) is 94.1 Å². The van der Waals surface area contributed by atoms with E-state index in [9.17, 15) is 14.7 Å². The number of hydrogen-bond donors (Lipinski definition) is 3. The van der Waals surface area contributed by atoms with E-state index >= 15 is 0 Å². The van der Waals surface area contributed by atoms with Crippen molar-refractivity contribution in [1.29, 1.82) is 0 Å². The monoisotopic (exact) mass is 693 g/mol. The second-order valence-corrected chi connectivity index (χ2v) is 14.1. The Bertz CT molecular complexity index is 1950. The predicted molar refractivity (Wildman–Crippen MR) is 189 cm³/mol. The number of aliphatic hydroxyl groups is 1. The van der Waals surface area contributed by atoms with Gasteiger partial charge in [0, 0.05) is 38.4 Å². The number of amides is 1. The topological polar surface area (TPSA) is 178 Å². The number of aryl methyl sites for hydroxylation is 1. The van der Waals surface area contributed by atoms with Crippen molar-refractivity contribution in [3.63, 3.8) is 0 Å². The molecule has 15 nitrogen and oxygen atoms in total. The molecule has 1 saturated heterocycles. The summed E-state index contributed by atoms with van der Waals surface area (Å²) < 4.78 is 7.20. The summed E-state index contributed by atoms with van der Waals surface area (Å²) in [5.41, 5.74) is 2.63. The number of carbonyl (C=O) groups is 2. The average molecular weight is 694 g/mol. The van der Waals surface area contributed by atoms with Crippen LogP contribution >= 0.6 is 0 Å². The molecule has 266 valence electrons. The first-order valence-corrected chi connectivity index (χ1v) is 17.4. The molecule has 2 fully saturated rings. The van der Waals surface area contributed by atoms with Gasteiger partial charge in [0.1, 0.15) is 17.7 Å². The Labute approximate surface area is 295 Å². The summed E-state index contributed by atoms with van der Waals surface area (Å²) in [6, 6.07) is 18.9. The summed E-state index contributed by atoms with van der Waals surface area (Å²) in [4.78, 5) is 44.2. The van der Waals surface area contributed by atoms with E-state index in [1.165, 1.54) is 4.80 Å². The summed E-state index contributed by atoms with van der Waals surface area (Å²) in [5.74, 6) is 1.12. The number of aromatic nitrogens is 8. The third-order valence-electron chi connectivity index (χ3n) is 9.35. The van der Waals surface area contributed by atoms with Crippen LogP contribution in [0.25, 0.3) is 11.2 Å². The number of rotatable bonds is 10. The first-order valence-electron chi connectivity index (χ1n) is 17.4. The van der Waals surface area contributed by atoms with Gasteiger partial charge in [-0.3, -0.25) is 4.79 Å². The number of hydrogen-bond acceptors (Lipinski definition) is 12. The Balaban J connectivity index is 1.22. The van der Waals surface area contributed by atoms with Crippen LogP contribution in [0.15, 0.2) is 67.0 Å². The number of aliphatic hydroxyl groups excluding tert-OH is 1. The fourth-order valence-corrected chi connectivity index (χ4v) is 6.80. The van der Waals surface area contributed by atoms with E-state index in [1.54, 1.807) is 10.9 Å². The first kappa shape index (κ1) is 34.0. The molecule has 2 aromatic carbocycles. The number of ketones is 1. The van der Waals surface area contributed by atoms with Gasteiger partial charge < -0.3 is 29.9 Å². The van der Waals surface area contributed by atoms with Gasteiger partial charge in [0.05, 0.1) is 18.4 Å². The highest BCUT2D eigenvalue weighted by Gasteiger charge is 2.45. The van der Waals surface area contributed by atoms with Gasteiger partial charge in [-0.25, -0.2) is 9.78 Å². The van der Waals surface area contributed by atoms with Crippen LogP contribution in [0.4, 0.5) is 16.6 Å². The number of nitrogens with one attached hydrogen (secondary N) is 2. The quantitative estimate of drug-likeness (QED) is 0.193. The third-order valence-corrected chi connectivity index (χ3v) is 9.35. The molecular formula is C36H43N11O4. The van der Waals surface area contributed by atoms with Crippen molar-refractivity contribution in [1.82, 2.24) is 45.0 Å². The highest BCUT2D eigenvalue weighted by Crippen LogP contribution is 2.37. The summed E-state index contributed by atoms with van der Waals surface area (Å²) in [7, 11) is 0. The number of benzene rings is 2. The zero-order chi connectivity index (χ0) is 35.7. The van der Waals surface area contributed by atoms with E-state index in [-0.39, 0.29) is 24.2 Å². The largest absolute Gasteiger partial charge is 0.444 e. The fourth-order valence-electron chi connectivity index (χ4n) is 6.80. The number of fused-ring (bicyclic) bond motifs is 1. The molecule has 0 radical (unpaired) electrons. The summed E-state index contributed by atoms with van der Waals surface area (Å²) in [5, 5.41) is 30.1. The summed E-state index contributed by atoms with van der Waals surface area (Å²) in [6.07, 6.45) is 1.29. The van der Waals surface area contributed by atoms with Crippen molar-refractivity contribution >= 4 is 34.8 Å². The van der Waals surface area contributed by atoms with Crippen molar-refractivity contribution in [2.75, 3.05) is 29.9 Å². The van der Waals surface area contributed by atoms with Gasteiger partial charge in [-0.1, -0.05) is 67.6 Å². The molecule has 1 saturated carbocycles. The molecule has 1 amide bonds. The average Bonchev–Trinajstić information content (AvgIpc) is 3.92. The molecule has 4 heterocycles. The van der Waals surface area contributed by atoms with E-state index in [0.717, 1.165) is 11.1 Å². The molecule has 15 heteroatoms. The smallest absolute Gasteiger partial charge is 0.407 e. The lowest BCUT2D eigenvalue weighted by atomic mass is 9.91. The van der Waals surface area contributed by atoms with Crippen molar-refractivity contribution in [3.05, 3.63) is 83.9 Å². The molecule has 3 N–H and O–H groups in total. The van der Waals surface area contributed by atoms with Crippen LogP contribution in [0.2, 0.25) is 0 Å². The minimum atomic E-state index is -1.32. The zero-order valence-electron chi connectivity index (χ0n) is 29.2. The summed E-state index contributed by atoms with van der Waals surface area (Å²) in [6.45, 7) is 8.98. The fraction of sp³-hybridized carbons (Fsp3) is 0.444. The maximum Gasteiger partial charge on any atom is 0.407 e. The van der Waals surface area contributed by atoms with Crippen LogP contribution in [0.3, 0.4) is 0 Å². The van der Waals surface area contributed by atoms with Gasteiger partial charge in [0.2, 0.25) is 5.95 Å². The molecule has 1 aliphatic heterocycles. The molecule has 0 bridgehead atoms. The molecule has 1 aliphatic carbocycles. The van der Waals surface area contributed by atoms with E-state index in [0.29, 0.717) is 61.2 Å². The van der Waals surface area contributed by atoms with Crippen LogP contribution in [0.1, 0.15) is 75.5 Å². The normalized spacial score (nSPS) is 20.7. The van der Waals surface area contributed by atoms with Gasteiger partial charge in [-0.2, -0.15) is 14.8 Å². The van der Waals surface area contributed by atoms with Crippen LogP contribution < -0.4 is 15.5 Å². The molecule has 2 aliphatic rings. The minimum Gasteiger partial charge on any atom is -0.444 e. The highest BCUT2D eigenvalue weighted by molar-refractivity contribution is 5.92. The summed E-state index contributed by atoms with van der Waals surface area (Å²) >= 11 is 0. The number of tetrazole rings is 1. The Kier molecular flexibility index (Phi) is 9.38. The van der Waals surface area contributed by atoms with Crippen molar-refractivity contribution in [3.8, 4) is 0 Å². The molecule has 4 atom stereocenters. The Morgan fingerprint density at radius 1 is 1.06 bits per heavy atom. The van der Waals surface area contributed by atoms with Crippen LogP contribution in [0.5, 0.6) is 0 Å². The van der Waals surface area contributed by atoms with Crippen molar-refractivity contribution < 1.29 is 19.4 Å². The number of anilines is 2. The van der Waals surface area contributed by atoms with Gasteiger partial charge in [-0.05, 0) is 43.5 Å². The molecule has 3 aromatic heterocycles. The van der Waals surface area contributed by atoms with Crippen molar-refractivity contribution in [2.45, 2.75) is 82.7 Å².